The van der Waals surface area contributed by atoms with E-state index in [4.69, 9.17) is 28.9 Å². The lowest BCUT2D eigenvalue weighted by Crippen LogP contribution is -2.46. The van der Waals surface area contributed by atoms with Crippen LogP contribution in [0.3, 0.4) is 0 Å². The van der Waals surface area contributed by atoms with Gasteiger partial charge in [0.05, 0.1) is 16.2 Å². The number of aromatic hydroxyl groups is 1. The summed E-state index contributed by atoms with van der Waals surface area (Å²) in [5, 5.41) is 9.77. The lowest BCUT2D eigenvalue weighted by Gasteiger charge is -2.22. The number of hydrogen-bond acceptors (Lipinski definition) is 4. The maximum absolute atomic E-state index is 13.6. The lowest BCUT2D eigenvalue weighted by atomic mass is 10.1. The molecule has 0 saturated carbocycles. The number of anilines is 1. The molecule has 1 atom stereocenters. The van der Waals surface area contributed by atoms with Crippen LogP contribution < -0.4 is 10.5 Å². The van der Waals surface area contributed by atoms with Crippen LogP contribution in [0.4, 0.5) is 18.9 Å². The van der Waals surface area contributed by atoms with Crippen molar-refractivity contribution in [1.82, 2.24) is 9.71 Å². The average Bonchev–Trinajstić information content (AvgIpc) is 2.96. The Labute approximate surface area is 173 Å². The van der Waals surface area contributed by atoms with Gasteiger partial charge in [-0.2, -0.15) is 17.9 Å². The molecule has 3 aromatic rings. The van der Waals surface area contributed by atoms with E-state index in [1.165, 1.54) is 24.4 Å². The number of halogens is 5. The van der Waals surface area contributed by atoms with Gasteiger partial charge in [0.2, 0.25) is 10.0 Å². The predicted molar refractivity (Wildman–Crippen MR) is 105 cm³/mol. The van der Waals surface area contributed by atoms with Crippen LogP contribution in [0.2, 0.25) is 10.0 Å². The first-order valence-corrected chi connectivity index (χ1v) is 10.3. The maximum Gasteiger partial charge on any atom is 0.405 e. The van der Waals surface area contributed by atoms with E-state index >= 15 is 0 Å². The molecule has 5 N–H and O–H groups in total. The number of sulfonamides is 1. The summed E-state index contributed by atoms with van der Waals surface area (Å²) in [5.41, 5.74) is 5.65. The van der Waals surface area contributed by atoms with Gasteiger partial charge in [0.25, 0.3) is 0 Å². The van der Waals surface area contributed by atoms with Crippen LogP contribution in [0.25, 0.3) is 10.9 Å². The number of phenolic OH excluding ortho intramolecular Hbond substituents is 1. The molecule has 0 aliphatic rings. The summed E-state index contributed by atoms with van der Waals surface area (Å²) in [4.78, 5) is 2.00. The van der Waals surface area contributed by atoms with Crippen molar-refractivity contribution in [1.29, 1.82) is 0 Å². The molecular weight excluding hydrogens is 454 g/mol. The first kappa shape index (κ1) is 21.6. The van der Waals surface area contributed by atoms with Gasteiger partial charge < -0.3 is 15.8 Å². The number of nitrogens with one attached hydrogen (secondary N) is 2. The fourth-order valence-electron chi connectivity index (χ4n) is 2.92. The van der Waals surface area contributed by atoms with E-state index in [0.29, 0.717) is 5.39 Å². The van der Waals surface area contributed by atoms with E-state index in [0.717, 1.165) is 12.1 Å². The highest BCUT2D eigenvalue weighted by Crippen LogP contribution is 2.34. The Hall–Kier alpha value is -2.14. The van der Waals surface area contributed by atoms with E-state index in [2.05, 4.69) is 4.98 Å². The Morgan fingerprint density at radius 1 is 1.24 bits per heavy atom. The van der Waals surface area contributed by atoms with Crippen molar-refractivity contribution < 1.29 is 26.7 Å². The minimum Gasteiger partial charge on any atom is -0.506 e. The molecule has 12 heteroatoms. The summed E-state index contributed by atoms with van der Waals surface area (Å²) in [7, 11) is -4.73. The molecule has 1 heterocycles. The quantitative estimate of drug-likeness (QED) is 0.421. The zero-order valence-electron chi connectivity index (χ0n) is 14.4. The first-order chi connectivity index (χ1) is 13.4. The number of phenols is 1. The van der Waals surface area contributed by atoms with Gasteiger partial charge in [0, 0.05) is 16.6 Å². The minimum absolute atomic E-state index is 0.0393. The van der Waals surface area contributed by atoms with Crippen LogP contribution in [-0.2, 0) is 16.4 Å². The molecule has 2 aromatic carbocycles. The summed E-state index contributed by atoms with van der Waals surface area (Å²) >= 11 is 11.6. The van der Waals surface area contributed by atoms with Crippen LogP contribution in [0.5, 0.6) is 5.75 Å². The van der Waals surface area contributed by atoms with E-state index < -0.39 is 38.6 Å². The number of alkyl halides is 3. The second-order valence-corrected chi connectivity index (χ2v) is 8.73. The molecule has 3 rings (SSSR count). The number of para-hydroxylation sites is 1. The Morgan fingerprint density at radius 2 is 1.93 bits per heavy atom. The van der Waals surface area contributed by atoms with Gasteiger partial charge in [-0.3, -0.25) is 0 Å². The van der Waals surface area contributed by atoms with E-state index in [1.54, 1.807) is 4.72 Å². The molecule has 1 unspecified atom stereocenters. The zero-order valence-corrected chi connectivity index (χ0v) is 16.7. The Bertz CT molecular complexity index is 1160. The molecular formula is C17H14Cl2F3N3O3S. The number of nitrogens with two attached hydrogens (primary N) is 1. The fraction of sp³-hybridized carbons (Fsp3) is 0.176. The van der Waals surface area contributed by atoms with Gasteiger partial charge in [-0.25, -0.2) is 8.42 Å². The van der Waals surface area contributed by atoms with Gasteiger partial charge in [0.15, 0.2) is 0 Å². The predicted octanol–water partition coefficient (Wildman–Crippen LogP) is 4.21. The van der Waals surface area contributed by atoms with Crippen LogP contribution in [0.15, 0.2) is 41.4 Å². The first-order valence-electron chi connectivity index (χ1n) is 8.01. The second kappa shape index (κ2) is 7.60. The van der Waals surface area contributed by atoms with Gasteiger partial charge in [0.1, 0.15) is 16.7 Å². The second-order valence-electron chi connectivity index (χ2n) is 6.24. The summed E-state index contributed by atoms with van der Waals surface area (Å²) in [5.74, 6) is -0.140. The Kier molecular flexibility index (Phi) is 5.65. The maximum atomic E-state index is 13.6. The molecule has 6 nitrogen and oxygen atoms in total. The van der Waals surface area contributed by atoms with E-state index in [1.807, 2.05) is 0 Å². The summed E-state index contributed by atoms with van der Waals surface area (Å²) in [6.45, 7) is 0. The van der Waals surface area contributed by atoms with E-state index in [-0.39, 0.29) is 27.5 Å². The summed E-state index contributed by atoms with van der Waals surface area (Å²) in [6, 6.07) is 4.02. The van der Waals surface area contributed by atoms with Crippen molar-refractivity contribution in [3.05, 3.63) is 52.1 Å². The van der Waals surface area contributed by atoms with Crippen LogP contribution in [0.1, 0.15) is 5.56 Å². The third-order valence-electron chi connectivity index (χ3n) is 4.20. The average molecular weight is 468 g/mol. The Balaban J connectivity index is 1.99. The SMILES string of the molecule is Nc1cc(Cl)cc(Cl)c1S(=O)(=O)NC(Cc1c[nH]c2c(O)cccc12)C(F)(F)F. The fourth-order valence-corrected chi connectivity index (χ4v) is 5.13. The van der Waals surface area contributed by atoms with Crippen LogP contribution in [0, 0.1) is 0 Å². The normalized spacial score (nSPS) is 13.7. The van der Waals surface area contributed by atoms with Gasteiger partial charge in [-0.15, -0.1) is 0 Å². The Morgan fingerprint density at radius 3 is 2.55 bits per heavy atom. The molecule has 0 aliphatic carbocycles. The number of benzene rings is 2. The molecule has 0 aliphatic heterocycles. The summed E-state index contributed by atoms with van der Waals surface area (Å²) in [6.07, 6.45) is -4.36. The molecule has 156 valence electrons. The molecule has 0 fully saturated rings. The third kappa shape index (κ3) is 4.40. The highest BCUT2D eigenvalue weighted by molar-refractivity contribution is 7.89. The molecule has 29 heavy (non-hydrogen) atoms. The molecule has 0 radical (unpaired) electrons. The molecule has 1 aromatic heterocycles. The minimum atomic E-state index is -4.92. The number of fused-ring (bicyclic) bond motifs is 1. The van der Waals surface area contributed by atoms with Crippen LogP contribution >= 0.6 is 23.2 Å². The van der Waals surface area contributed by atoms with Crippen molar-refractivity contribution in [2.75, 3.05) is 5.73 Å². The number of aromatic nitrogens is 1. The highest BCUT2D eigenvalue weighted by Gasteiger charge is 2.43. The van der Waals surface area contributed by atoms with Crippen molar-refractivity contribution >= 4 is 49.8 Å². The number of nitrogen functional groups attached to an aromatic ring is 1. The van der Waals surface area contributed by atoms with E-state index in [9.17, 15) is 26.7 Å². The largest absolute Gasteiger partial charge is 0.506 e. The number of rotatable bonds is 5. The van der Waals surface area contributed by atoms with Crippen molar-refractivity contribution in [2.45, 2.75) is 23.5 Å². The molecule has 0 spiro atoms. The third-order valence-corrected chi connectivity index (χ3v) is 6.42. The molecule has 0 amide bonds. The number of aromatic amines is 1. The highest BCUT2D eigenvalue weighted by atomic mass is 35.5. The topological polar surface area (TPSA) is 108 Å². The zero-order chi connectivity index (χ0) is 21.6. The number of H-pyrrole nitrogens is 1. The lowest BCUT2D eigenvalue weighted by molar-refractivity contribution is -0.150. The van der Waals surface area contributed by atoms with Gasteiger partial charge in [-0.05, 0) is 30.2 Å². The summed E-state index contributed by atoms with van der Waals surface area (Å²) < 4.78 is 67.8. The molecule has 0 saturated heterocycles. The number of hydrogen-bond donors (Lipinski definition) is 4. The van der Waals surface area contributed by atoms with Crippen molar-refractivity contribution in [3.63, 3.8) is 0 Å². The smallest absolute Gasteiger partial charge is 0.405 e. The molecule has 0 bridgehead atoms. The van der Waals surface area contributed by atoms with Crippen molar-refractivity contribution in [3.8, 4) is 5.75 Å². The van der Waals surface area contributed by atoms with Gasteiger partial charge in [-0.1, -0.05) is 35.3 Å². The monoisotopic (exact) mass is 467 g/mol. The van der Waals surface area contributed by atoms with Crippen molar-refractivity contribution in [2.24, 2.45) is 0 Å². The van der Waals surface area contributed by atoms with Crippen LogP contribution in [-0.4, -0.2) is 30.7 Å². The standard InChI is InChI=1S/C17H14Cl2F3N3O3S/c18-9-5-11(19)16(12(23)6-9)29(27,28)25-14(17(20,21)22)4-8-7-24-15-10(8)2-1-3-13(15)26/h1-3,5-7,14,24-26H,4,23H2. The van der Waals surface area contributed by atoms with Gasteiger partial charge >= 0.3 is 6.18 Å².